The molecule has 0 unspecified atom stereocenters. The highest BCUT2D eigenvalue weighted by molar-refractivity contribution is 7.99. The fraction of sp³-hybridized carbons (Fsp3) is 0.433. The van der Waals surface area contributed by atoms with Gasteiger partial charge < -0.3 is 5.73 Å². The van der Waals surface area contributed by atoms with Crippen molar-refractivity contribution < 1.29 is 4.79 Å². The van der Waals surface area contributed by atoms with Crippen LogP contribution < -0.4 is 22.5 Å². The van der Waals surface area contributed by atoms with Crippen molar-refractivity contribution >= 4 is 44.9 Å². The average molecular weight is 594 g/mol. The largest absolute Gasteiger partial charge is 0.384 e. The van der Waals surface area contributed by atoms with E-state index in [0.29, 0.717) is 27.8 Å². The Labute approximate surface area is 246 Å². The summed E-state index contributed by atoms with van der Waals surface area (Å²) in [6, 6.07) is 9.66. The Hall–Kier alpha value is -3.44. The number of thioether (sulfide) groups is 1. The molecule has 0 amide bonds. The van der Waals surface area contributed by atoms with Gasteiger partial charge in [-0.2, -0.15) is 0 Å². The molecular formula is C30H35N5O4S2. The van der Waals surface area contributed by atoms with Gasteiger partial charge in [0.15, 0.2) is 10.9 Å². The van der Waals surface area contributed by atoms with Crippen molar-refractivity contribution in [2.75, 3.05) is 11.5 Å². The van der Waals surface area contributed by atoms with Crippen LogP contribution in [-0.4, -0.2) is 30.2 Å². The van der Waals surface area contributed by atoms with Crippen LogP contribution in [0, 0.1) is 11.3 Å². The number of carbonyl (C=O) groups is 1. The Morgan fingerprint density at radius 2 is 1.83 bits per heavy atom. The fourth-order valence-electron chi connectivity index (χ4n) is 5.54. The maximum Gasteiger partial charge on any atom is 0.332 e. The van der Waals surface area contributed by atoms with Crippen molar-refractivity contribution in [3.05, 3.63) is 83.1 Å². The highest BCUT2D eigenvalue weighted by atomic mass is 32.2. The monoisotopic (exact) mass is 593 g/mol. The molecule has 1 aliphatic carbocycles. The molecule has 3 aromatic heterocycles. The lowest BCUT2D eigenvalue weighted by Gasteiger charge is -2.36. The molecule has 0 saturated heterocycles. The Balaban J connectivity index is 1.56. The smallest absolute Gasteiger partial charge is 0.332 e. The molecule has 0 radical (unpaired) electrons. The number of Topliss-reactive ketones (excluding diaryl/α,β-unsaturated/α-hetero) is 1. The third-order valence-electron chi connectivity index (χ3n) is 8.65. The normalized spacial score (nSPS) is 15.3. The first kappa shape index (κ1) is 29.1. The summed E-state index contributed by atoms with van der Waals surface area (Å²) < 4.78 is 3.58. The van der Waals surface area contributed by atoms with Crippen LogP contribution >= 0.6 is 23.1 Å². The second-order valence-electron chi connectivity index (χ2n) is 11.4. The Kier molecular flexibility index (Phi) is 7.86. The quantitative estimate of drug-likeness (QED) is 0.186. The number of benzene rings is 1. The SMILES string of the molecule is CCC(C)(C)[C@@H]1CCc2c(sc3nc(SCC(=O)c4c(N)n(C)c(=O)n(C)c4=O)n(Cc4ccccc4)c(=O)c23)C1. The maximum atomic E-state index is 14.1. The number of aryl methyl sites for hydroxylation is 1. The van der Waals surface area contributed by atoms with Gasteiger partial charge in [-0.25, -0.2) is 9.78 Å². The fourth-order valence-corrected chi connectivity index (χ4v) is 7.75. The zero-order valence-corrected chi connectivity index (χ0v) is 25.7. The minimum Gasteiger partial charge on any atom is -0.384 e. The predicted molar refractivity (Wildman–Crippen MR) is 165 cm³/mol. The highest BCUT2D eigenvalue weighted by Crippen LogP contribution is 2.44. The summed E-state index contributed by atoms with van der Waals surface area (Å²) in [5.41, 5.74) is 6.58. The van der Waals surface area contributed by atoms with Gasteiger partial charge in [-0.1, -0.05) is 69.3 Å². The predicted octanol–water partition coefficient (Wildman–Crippen LogP) is 4.00. The van der Waals surface area contributed by atoms with Crippen molar-refractivity contribution in [3.63, 3.8) is 0 Å². The zero-order chi connectivity index (χ0) is 29.6. The van der Waals surface area contributed by atoms with Crippen LogP contribution in [0.3, 0.4) is 0 Å². The minimum atomic E-state index is -0.739. The number of aromatic nitrogens is 4. The van der Waals surface area contributed by atoms with E-state index in [0.717, 1.165) is 57.7 Å². The number of carbonyl (C=O) groups excluding carboxylic acids is 1. The van der Waals surface area contributed by atoms with Crippen LogP contribution in [0.2, 0.25) is 0 Å². The van der Waals surface area contributed by atoms with E-state index in [-0.39, 0.29) is 28.1 Å². The molecule has 0 saturated carbocycles. The van der Waals surface area contributed by atoms with E-state index in [9.17, 15) is 19.2 Å². The van der Waals surface area contributed by atoms with E-state index < -0.39 is 17.0 Å². The molecule has 11 heteroatoms. The number of fused-ring (bicyclic) bond motifs is 3. The molecule has 0 fully saturated rings. The van der Waals surface area contributed by atoms with E-state index in [1.807, 2.05) is 30.3 Å². The second kappa shape index (κ2) is 11.1. The van der Waals surface area contributed by atoms with E-state index >= 15 is 0 Å². The molecule has 0 spiro atoms. The number of anilines is 1. The molecule has 0 bridgehead atoms. The van der Waals surface area contributed by atoms with Gasteiger partial charge in [0.1, 0.15) is 16.2 Å². The second-order valence-corrected chi connectivity index (χ2v) is 13.4. The summed E-state index contributed by atoms with van der Waals surface area (Å²) >= 11 is 2.68. The topological polar surface area (TPSA) is 122 Å². The third-order valence-corrected chi connectivity index (χ3v) is 10.8. The number of nitrogens with two attached hydrogens (primary N) is 1. The van der Waals surface area contributed by atoms with Crippen LogP contribution in [0.25, 0.3) is 10.2 Å². The minimum absolute atomic E-state index is 0.114. The summed E-state index contributed by atoms with van der Waals surface area (Å²) in [4.78, 5) is 59.2. The van der Waals surface area contributed by atoms with Gasteiger partial charge in [0.25, 0.3) is 11.1 Å². The highest BCUT2D eigenvalue weighted by Gasteiger charge is 2.34. The molecule has 5 rings (SSSR count). The average Bonchev–Trinajstić information content (AvgIpc) is 3.34. The van der Waals surface area contributed by atoms with E-state index in [2.05, 4.69) is 20.8 Å². The molecule has 1 aromatic carbocycles. The number of thiophene rings is 1. The van der Waals surface area contributed by atoms with Gasteiger partial charge in [0, 0.05) is 19.0 Å². The molecule has 1 atom stereocenters. The van der Waals surface area contributed by atoms with Crippen LogP contribution in [0.4, 0.5) is 5.82 Å². The first-order valence-corrected chi connectivity index (χ1v) is 15.5. The number of rotatable bonds is 8. The molecule has 9 nitrogen and oxygen atoms in total. The lowest BCUT2D eigenvalue weighted by molar-refractivity contribution is 0.102. The van der Waals surface area contributed by atoms with Gasteiger partial charge in [-0.05, 0) is 41.7 Å². The van der Waals surface area contributed by atoms with Gasteiger partial charge in [-0.15, -0.1) is 11.3 Å². The molecule has 216 valence electrons. The molecule has 4 aromatic rings. The Bertz CT molecular complexity index is 1830. The van der Waals surface area contributed by atoms with Gasteiger partial charge in [-0.3, -0.25) is 28.1 Å². The Morgan fingerprint density at radius 3 is 2.51 bits per heavy atom. The summed E-state index contributed by atoms with van der Waals surface area (Å²) in [6.07, 6.45) is 3.92. The molecule has 1 aliphatic rings. The van der Waals surface area contributed by atoms with Crippen molar-refractivity contribution in [1.29, 1.82) is 0 Å². The van der Waals surface area contributed by atoms with Crippen molar-refractivity contribution in [1.82, 2.24) is 18.7 Å². The van der Waals surface area contributed by atoms with E-state index in [4.69, 9.17) is 10.7 Å². The zero-order valence-electron chi connectivity index (χ0n) is 24.0. The van der Waals surface area contributed by atoms with E-state index in [1.165, 1.54) is 19.0 Å². The van der Waals surface area contributed by atoms with Gasteiger partial charge in [0.05, 0.1) is 17.7 Å². The van der Waals surface area contributed by atoms with E-state index in [1.54, 1.807) is 15.9 Å². The number of nitrogens with zero attached hydrogens (tertiary/aromatic N) is 4. The lowest BCUT2D eigenvalue weighted by atomic mass is 9.70. The molecule has 2 N–H and O–H groups in total. The van der Waals surface area contributed by atoms with Gasteiger partial charge in [0.2, 0.25) is 0 Å². The number of ketones is 1. The lowest BCUT2D eigenvalue weighted by Crippen LogP contribution is -2.41. The molecule has 41 heavy (non-hydrogen) atoms. The molecule has 3 heterocycles. The van der Waals surface area contributed by atoms with Crippen LogP contribution in [-0.2, 0) is 33.5 Å². The van der Waals surface area contributed by atoms with Crippen molar-refractivity contribution in [2.24, 2.45) is 25.4 Å². The number of nitrogen functional groups attached to an aromatic ring is 1. The maximum absolute atomic E-state index is 14.1. The summed E-state index contributed by atoms with van der Waals surface area (Å²) in [5.74, 6) is -0.327. The third kappa shape index (κ3) is 5.21. The Morgan fingerprint density at radius 1 is 1.12 bits per heavy atom. The summed E-state index contributed by atoms with van der Waals surface area (Å²) in [5, 5.41) is 1.09. The van der Waals surface area contributed by atoms with Crippen LogP contribution in [0.1, 0.15) is 60.0 Å². The van der Waals surface area contributed by atoms with Crippen molar-refractivity contribution in [3.8, 4) is 0 Å². The van der Waals surface area contributed by atoms with Crippen molar-refractivity contribution in [2.45, 2.75) is 58.2 Å². The van der Waals surface area contributed by atoms with Gasteiger partial charge >= 0.3 is 5.69 Å². The van der Waals surface area contributed by atoms with Crippen LogP contribution in [0.5, 0.6) is 0 Å². The number of hydrogen-bond donors (Lipinski definition) is 1. The van der Waals surface area contributed by atoms with Crippen LogP contribution in [0.15, 0.2) is 49.9 Å². The standard InChI is InChI=1S/C30H35N5O4S2/c1-6-30(2,3)18-12-13-19-21(14-18)41-25-22(19)27(38)35(15-17-10-8-7-9-11-17)28(32-25)40-16-20(36)23-24(31)33(4)29(39)34(5)26(23)37/h7-11,18H,6,12-16,31H2,1-5H3/t18-/m1/s1. The molecular weight excluding hydrogens is 558 g/mol. The first-order valence-electron chi connectivity index (χ1n) is 13.7. The summed E-state index contributed by atoms with van der Waals surface area (Å²) in [7, 11) is 2.73. The summed E-state index contributed by atoms with van der Waals surface area (Å²) in [6.45, 7) is 7.17. The molecule has 0 aliphatic heterocycles. The first-order chi connectivity index (χ1) is 19.4. The number of hydrogen-bond acceptors (Lipinski definition) is 8.